The second kappa shape index (κ2) is 4.28. The van der Waals surface area contributed by atoms with E-state index in [2.05, 4.69) is 42.2 Å². The standard InChI is InChI=1S/C15H19NO/c1-11-3-2-4-12(9-11)13-5-7-16-8-6-15(17)14(13)10-16/h2-5,9,14-15,17H,6-8,10H2,1H3/t14-,15-/m1/s1. The van der Waals surface area contributed by atoms with Crippen LogP contribution in [-0.4, -0.2) is 35.7 Å². The van der Waals surface area contributed by atoms with E-state index in [4.69, 9.17) is 0 Å². The molecule has 90 valence electrons. The highest BCUT2D eigenvalue weighted by Gasteiger charge is 2.33. The average Bonchev–Trinajstić information content (AvgIpc) is 2.34. The summed E-state index contributed by atoms with van der Waals surface area (Å²) in [5, 5.41) is 10.2. The smallest absolute Gasteiger partial charge is 0.0633 e. The molecule has 2 aliphatic rings. The van der Waals surface area contributed by atoms with E-state index >= 15 is 0 Å². The molecule has 0 aliphatic carbocycles. The Bertz CT molecular complexity index is 452. The van der Waals surface area contributed by atoms with Crippen molar-refractivity contribution >= 4 is 5.57 Å². The molecular weight excluding hydrogens is 210 g/mol. The molecule has 2 aliphatic heterocycles. The van der Waals surface area contributed by atoms with Gasteiger partial charge in [-0.1, -0.05) is 35.9 Å². The van der Waals surface area contributed by atoms with Crippen LogP contribution in [0.15, 0.2) is 30.3 Å². The highest BCUT2D eigenvalue weighted by molar-refractivity contribution is 5.69. The largest absolute Gasteiger partial charge is 0.392 e. The summed E-state index contributed by atoms with van der Waals surface area (Å²) in [5.74, 6) is 0.305. The van der Waals surface area contributed by atoms with E-state index in [0.29, 0.717) is 5.92 Å². The Morgan fingerprint density at radius 1 is 1.35 bits per heavy atom. The molecule has 2 heteroatoms. The highest BCUT2D eigenvalue weighted by atomic mass is 16.3. The molecule has 0 spiro atoms. The maximum Gasteiger partial charge on any atom is 0.0633 e. The first kappa shape index (κ1) is 11.0. The quantitative estimate of drug-likeness (QED) is 0.797. The van der Waals surface area contributed by atoms with Crippen LogP contribution in [0.5, 0.6) is 0 Å². The van der Waals surface area contributed by atoms with E-state index in [1.807, 2.05) is 0 Å². The zero-order chi connectivity index (χ0) is 11.8. The Labute approximate surface area is 103 Å². The summed E-state index contributed by atoms with van der Waals surface area (Å²) in [6.07, 6.45) is 3.04. The lowest BCUT2D eigenvalue weighted by atomic mass is 9.81. The maximum atomic E-state index is 10.2. The molecule has 3 atom stereocenters. The van der Waals surface area contributed by atoms with Gasteiger partial charge in [0, 0.05) is 25.6 Å². The average molecular weight is 229 g/mol. The molecule has 0 saturated carbocycles. The van der Waals surface area contributed by atoms with Crippen molar-refractivity contribution in [3.8, 4) is 0 Å². The first-order valence-corrected chi connectivity index (χ1v) is 6.41. The summed E-state index contributed by atoms with van der Waals surface area (Å²) in [6, 6.07) is 8.61. The molecule has 0 aromatic heterocycles. The zero-order valence-electron chi connectivity index (χ0n) is 10.3. The van der Waals surface area contributed by atoms with Crippen molar-refractivity contribution < 1.29 is 5.11 Å². The lowest BCUT2D eigenvalue weighted by molar-refractivity contribution is 0.0509. The molecule has 2 bridgehead atoms. The van der Waals surface area contributed by atoms with E-state index in [1.54, 1.807) is 0 Å². The van der Waals surface area contributed by atoms with Crippen LogP contribution in [0.4, 0.5) is 0 Å². The predicted molar refractivity (Wildman–Crippen MR) is 69.7 cm³/mol. The van der Waals surface area contributed by atoms with E-state index in [-0.39, 0.29) is 6.10 Å². The summed E-state index contributed by atoms with van der Waals surface area (Å²) < 4.78 is 0. The van der Waals surface area contributed by atoms with Crippen LogP contribution in [0.25, 0.3) is 5.57 Å². The van der Waals surface area contributed by atoms with E-state index in [0.717, 1.165) is 26.1 Å². The van der Waals surface area contributed by atoms with Gasteiger partial charge in [-0.05, 0) is 24.5 Å². The Hall–Kier alpha value is -1.12. The van der Waals surface area contributed by atoms with E-state index in [9.17, 15) is 5.11 Å². The van der Waals surface area contributed by atoms with Crippen molar-refractivity contribution in [2.75, 3.05) is 19.6 Å². The molecule has 2 nitrogen and oxygen atoms in total. The Morgan fingerprint density at radius 2 is 2.24 bits per heavy atom. The van der Waals surface area contributed by atoms with Gasteiger partial charge in [-0.2, -0.15) is 0 Å². The topological polar surface area (TPSA) is 23.5 Å². The minimum Gasteiger partial charge on any atom is -0.392 e. The molecule has 1 N–H and O–H groups in total. The third-order valence-corrected chi connectivity index (χ3v) is 3.98. The number of benzene rings is 1. The van der Waals surface area contributed by atoms with Crippen LogP contribution in [0.2, 0.25) is 0 Å². The number of aliphatic hydroxyl groups is 1. The van der Waals surface area contributed by atoms with Crippen LogP contribution in [0, 0.1) is 12.8 Å². The number of fused-ring (bicyclic) bond motifs is 2. The monoisotopic (exact) mass is 229 g/mol. The lowest BCUT2D eigenvalue weighted by Crippen LogP contribution is -2.46. The number of nitrogens with zero attached hydrogens (tertiary/aromatic N) is 1. The third-order valence-electron chi connectivity index (χ3n) is 3.98. The predicted octanol–water partition coefficient (Wildman–Crippen LogP) is 2.07. The second-order valence-corrected chi connectivity index (χ2v) is 5.25. The number of aryl methyl sites for hydroxylation is 1. The van der Waals surface area contributed by atoms with Crippen molar-refractivity contribution in [2.45, 2.75) is 19.4 Å². The van der Waals surface area contributed by atoms with Crippen LogP contribution < -0.4 is 0 Å². The minimum atomic E-state index is -0.168. The van der Waals surface area contributed by atoms with Crippen LogP contribution in [-0.2, 0) is 0 Å². The van der Waals surface area contributed by atoms with E-state index in [1.165, 1.54) is 16.7 Å². The fourth-order valence-corrected chi connectivity index (χ4v) is 3.01. The van der Waals surface area contributed by atoms with Crippen LogP contribution in [0.1, 0.15) is 17.5 Å². The molecule has 1 fully saturated rings. The van der Waals surface area contributed by atoms with Gasteiger partial charge in [0.05, 0.1) is 6.10 Å². The highest BCUT2D eigenvalue weighted by Crippen LogP contribution is 2.34. The van der Waals surface area contributed by atoms with Gasteiger partial charge in [-0.25, -0.2) is 0 Å². The third kappa shape index (κ3) is 2.03. The minimum absolute atomic E-state index is 0.168. The van der Waals surface area contributed by atoms with Gasteiger partial charge in [-0.15, -0.1) is 0 Å². The fraction of sp³-hybridized carbons (Fsp3) is 0.467. The number of hydrogen-bond acceptors (Lipinski definition) is 2. The zero-order valence-corrected chi connectivity index (χ0v) is 10.3. The first-order valence-electron chi connectivity index (χ1n) is 6.41. The summed E-state index contributed by atoms with van der Waals surface area (Å²) in [4.78, 5) is 2.43. The van der Waals surface area contributed by atoms with Crippen molar-refractivity contribution in [2.24, 2.45) is 5.92 Å². The van der Waals surface area contributed by atoms with Gasteiger partial charge in [-0.3, -0.25) is 4.90 Å². The van der Waals surface area contributed by atoms with Gasteiger partial charge < -0.3 is 5.11 Å². The number of hydrogen-bond donors (Lipinski definition) is 1. The lowest BCUT2D eigenvalue weighted by Gasteiger charge is -2.40. The van der Waals surface area contributed by atoms with E-state index < -0.39 is 0 Å². The van der Waals surface area contributed by atoms with Crippen molar-refractivity contribution in [3.05, 3.63) is 41.5 Å². The SMILES string of the molecule is Cc1cccc(C2=CCN3CC[C@@H](O)[C@@H]2C3)c1. The van der Waals surface area contributed by atoms with Crippen molar-refractivity contribution in [3.63, 3.8) is 0 Å². The van der Waals surface area contributed by atoms with Gasteiger partial charge >= 0.3 is 0 Å². The van der Waals surface area contributed by atoms with Crippen LogP contribution in [0.3, 0.4) is 0 Å². The normalized spacial score (nSPS) is 32.1. The van der Waals surface area contributed by atoms with Gasteiger partial charge in [0.2, 0.25) is 0 Å². The molecule has 3 rings (SSSR count). The molecule has 0 radical (unpaired) electrons. The van der Waals surface area contributed by atoms with Gasteiger partial charge in [0.15, 0.2) is 0 Å². The number of aliphatic hydroxyl groups excluding tert-OH is 1. The molecule has 1 saturated heterocycles. The van der Waals surface area contributed by atoms with Crippen molar-refractivity contribution in [1.29, 1.82) is 0 Å². The summed E-state index contributed by atoms with van der Waals surface area (Å²) in [7, 11) is 0. The number of rotatable bonds is 1. The molecule has 1 aromatic rings. The van der Waals surface area contributed by atoms with Crippen molar-refractivity contribution in [1.82, 2.24) is 4.90 Å². The second-order valence-electron chi connectivity index (χ2n) is 5.25. The molecule has 2 heterocycles. The number of piperidine rings is 1. The molecule has 1 unspecified atom stereocenters. The Morgan fingerprint density at radius 3 is 3.06 bits per heavy atom. The summed E-state index contributed by atoms with van der Waals surface area (Å²) in [6.45, 7) is 5.21. The molecule has 0 amide bonds. The molecule has 17 heavy (non-hydrogen) atoms. The Balaban J connectivity index is 1.97. The Kier molecular flexibility index (Phi) is 2.77. The van der Waals surface area contributed by atoms with Gasteiger partial charge in [0.25, 0.3) is 0 Å². The maximum absolute atomic E-state index is 10.2. The van der Waals surface area contributed by atoms with Crippen LogP contribution >= 0.6 is 0 Å². The molecule has 1 aromatic carbocycles. The first-order chi connectivity index (χ1) is 8.24. The summed E-state index contributed by atoms with van der Waals surface area (Å²) >= 11 is 0. The molecular formula is C15H19NO. The fourth-order valence-electron chi connectivity index (χ4n) is 3.01. The summed E-state index contributed by atoms with van der Waals surface area (Å²) in [5.41, 5.74) is 3.92. The van der Waals surface area contributed by atoms with Gasteiger partial charge in [0.1, 0.15) is 0 Å².